The third-order valence-corrected chi connectivity index (χ3v) is 2.26. The van der Waals surface area contributed by atoms with Gasteiger partial charge in [0.05, 0.1) is 6.61 Å². The van der Waals surface area contributed by atoms with Gasteiger partial charge in [-0.1, -0.05) is 12.7 Å². The number of halogens is 1. The SMILES string of the molecule is CP.Cc1ccc(F)c(OCC2CC2)c1. The van der Waals surface area contributed by atoms with E-state index in [-0.39, 0.29) is 5.82 Å². The van der Waals surface area contributed by atoms with E-state index in [2.05, 4.69) is 9.24 Å². The van der Waals surface area contributed by atoms with Crippen molar-refractivity contribution >= 4 is 9.24 Å². The normalized spacial score (nSPS) is 14.1. The van der Waals surface area contributed by atoms with Crippen LogP contribution in [0.4, 0.5) is 4.39 Å². The summed E-state index contributed by atoms with van der Waals surface area (Å²) in [7, 11) is 2.42. The van der Waals surface area contributed by atoms with E-state index in [1.54, 1.807) is 12.1 Å². The fraction of sp³-hybridized carbons (Fsp3) is 0.500. The second kappa shape index (κ2) is 6.07. The van der Waals surface area contributed by atoms with Crippen molar-refractivity contribution in [3.05, 3.63) is 29.6 Å². The number of hydrogen-bond donors (Lipinski definition) is 0. The highest BCUT2D eigenvalue weighted by Gasteiger charge is 2.22. The number of ether oxygens (including phenoxy) is 1. The third kappa shape index (κ3) is 4.17. The predicted molar refractivity (Wildman–Crippen MR) is 65.0 cm³/mol. The lowest BCUT2D eigenvalue weighted by molar-refractivity contribution is 0.285. The Morgan fingerprint density at radius 3 is 2.67 bits per heavy atom. The molecule has 1 aromatic carbocycles. The van der Waals surface area contributed by atoms with Gasteiger partial charge in [-0.2, -0.15) is 0 Å². The molecule has 1 aliphatic rings. The molecule has 0 bridgehead atoms. The van der Waals surface area contributed by atoms with Gasteiger partial charge in [0.2, 0.25) is 0 Å². The minimum absolute atomic E-state index is 0.258. The van der Waals surface area contributed by atoms with Crippen LogP contribution >= 0.6 is 9.24 Å². The topological polar surface area (TPSA) is 9.23 Å². The molecule has 0 radical (unpaired) electrons. The number of hydrogen-bond acceptors (Lipinski definition) is 1. The van der Waals surface area contributed by atoms with Crippen molar-refractivity contribution in [2.75, 3.05) is 13.3 Å². The molecule has 1 atom stereocenters. The van der Waals surface area contributed by atoms with Gasteiger partial charge in [0.1, 0.15) is 0 Å². The van der Waals surface area contributed by atoms with Gasteiger partial charge in [-0.15, -0.1) is 9.24 Å². The lowest BCUT2D eigenvalue weighted by Crippen LogP contribution is -2.00. The van der Waals surface area contributed by atoms with Crippen molar-refractivity contribution in [3.63, 3.8) is 0 Å². The molecule has 0 aliphatic heterocycles. The summed E-state index contributed by atoms with van der Waals surface area (Å²) >= 11 is 0. The molecule has 1 saturated carbocycles. The molecule has 0 aromatic heterocycles. The van der Waals surface area contributed by atoms with Crippen LogP contribution < -0.4 is 4.74 Å². The average Bonchev–Trinajstić information content (AvgIpc) is 3.06. The molecule has 3 heteroatoms. The first-order valence-corrected chi connectivity index (χ1v) is 6.38. The fourth-order valence-corrected chi connectivity index (χ4v) is 1.21. The van der Waals surface area contributed by atoms with Crippen LogP contribution in [0.15, 0.2) is 18.2 Å². The Balaban J connectivity index is 0.000000531. The van der Waals surface area contributed by atoms with E-state index in [9.17, 15) is 4.39 Å². The maximum absolute atomic E-state index is 13.1. The largest absolute Gasteiger partial charge is 0.490 e. The standard InChI is InChI=1S/C11H13FO.CH5P/c1-8-2-5-10(12)11(6-8)13-7-9-3-4-9;1-2/h2,5-6,9H,3-4,7H2,1H3;2H2,1H3. The van der Waals surface area contributed by atoms with Crippen LogP contribution in [0, 0.1) is 18.7 Å². The van der Waals surface area contributed by atoms with Gasteiger partial charge in [0, 0.05) is 0 Å². The average molecular weight is 228 g/mol. The molecule has 0 spiro atoms. The lowest BCUT2D eigenvalue weighted by atomic mass is 10.2. The molecule has 1 aromatic rings. The van der Waals surface area contributed by atoms with E-state index in [4.69, 9.17) is 4.74 Å². The van der Waals surface area contributed by atoms with Gasteiger partial charge < -0.3 is 4.74 Å². The molecule has 15 heavy (non-hydrogen) atoms. The summed E-state index contributed by atoms with van der Waals surface area (Å²) in [6, 6.07) is 4.95. The van der Waals surface area contributed by atoms with Gasteiger partial charge in [0.15, 0.2) is 11.6 Å². The molecular formula is C12H18FOP. The van der Waals surface area contributed by atoms with E-state index in [0.717, 1.165) is 5.56 Å². The van der Waals surface area contributed by atoms with Crippen LogP contribution in [-0.4, -0.2) is 13.3 Å². The number of benzene rings is 1. The van der Waals surface area contributed by atoms with Gasteiger partial charge in [-0.05, 0) is 43.4 Å². The summed E-state index contributed by atoms with van der Waals surface area (Å²) in [5, 5.41) is 0. The summed E-state index contributed by atoms with van der Waals surface area (Å²) in [5.41, 5.74) is 1.03. The molecule has 1 aliphatic carbocycles. The first-order chi connectivity index (χ1) is 7.25. The fourth-order valence-electron chi connectivity index (χ4n) is 1.21. The molecule has 1 fully saturated rings. The monoisotopic (exact) mass is 228 g/mol. The highest BCUT2D eigenvalue weighted by atomic mass is 31.0. The Bertz CT molecular complexity index is 310. The van der Waals surface area contributed by atoms with E-state index < -0.39 is 0 Å². The van der Waals surface area contributed by atoms with Gasteiger partial charge in [-0.25, -0.2) is 4.39 Å². The first-order valence-electron chi connectivity index (χ1n) is 5.22. The quantitative estimate of drug-likeness (QED) is 0.720. The number of aryl methyl sites for hydroxylation is 1. The first kappa shape index (κ1) is 12.4. The summed E-state index contributed by atoms with van der Waals surface area (Å²) in [4.78, 5) is 0. The van der Waals surface area contributed by atoms with Crippen LogP contribution in [0.2, 0.25) is 0 Å². The van der Waals surface area contributed by atoms with Crippen LogP contribution in [0.1, 0.15) is 18.4 Å². The van der Waals surface area contributed by atoms with Gasteiger partial charge in [0.25, 0.3) is 0 Å². The molecule has 84 valence electrons. The highest BCUT2D eigenvalue weighted by molar-refractivity contribution is 7.15. The Labute approximate surface area is 93.2 Å². The smallest absolute Gasteiger partial charge is 0.165 e. The van der Waals surface area contributed by atoms with Crippen molar-refractivity contribution in [2.24, 2.45) is 5.92 Å². The molecule has 2 rings (SSSR count). The highest BCUT2D eigenvalue weighted by Crippen LogP contribution is 2.30. The van der Waals surface area contributed by atoms with Crippen LogP contribution in [0.25, 0.3) is 0 Å². The van der Waals surface area contributed by atoms with E-state index >= 15 is 0 Å². The van der Waals surface area contributed by atoms with Crippen molar-refractivity contribution in [2.45, 2.75) is 19.8 Å². The zero-order chi connectivity index (χ0) is 11.3. The van der Waals surface area contributed by atoms with Gasteiger partial charge in [-0.3, -0.25) is 0 Å². The lowest BCUT2D eigenvalue weighted by Gasteiger charge is -2.06. The van der Waals surface area contributed by atoms with E-state index in [1.807, 2.05) is 13.6 Å². The Kier molecular flexibility index (Phi) is 5.04. The summed E-state index contributed by atoms with van der Waals surface area (Å²) in [6.07, 6.45) is 2.46. The summed E-state index contributed by atoms with van der Waals surface area (Å²) in [5.74, 6) is 0.804. The summed E-state index contributed by atoms with van der Waals surface area (Å²) in [6.45, 7) is 4.52. The Hall–Kier alpha value is -0.620. The van der Waals surface area contributed by atoms with E-state index in [0.29, 0.717) is 18.3 Å². The minimum Gasteiger partial charge on any atom is -0.490 e. The van der Waals surface area contributed by atoms with Crippen molar-refractivity contribution < 1.29 is 9.13 Å². The van der Waals surface area contributed by atoms with Crippen LogP contribution in [-0.2, 0) is 0 Å². The van der Waals surface area contributed by atoms with Crippen molar-refractivity contribution in [3.8, 4) is 5.75 Å². The Morgan fingerprint density at radius 1 is 1.40 bits per heavy atom. The number of rotatable bonds is 3. The molecule has 0 saturated heterocycles. The predicted octanol–water partition coefficient (Wildman–Crippen LogP) is 3.41. The van der Waals surface area contributed by atoms with Gasteiger partial charge >= 0.3 is 0 Å². The van der Waals surface area contributed by atoms with E-state index in [1.165, 1.54) is 18.9 Å². The second-order valence-electron chi connectivity index (χ2n) is 3.69. The summed E-state index contributed by atoms with van der Waals surface area (Å²) < 4.78 is 18.5. The second-order valence-corrected chi connectivity index (χ2v) is 3.69. The van der Waals surface area contributed by atoms with Crippen molar-refractivity contribution in [1.82, 2.24) is 0 Å². The third-order valence-electron chi connectivity index (χ3n) is 2.26. The van der Waals surface area contributed by atoms with Crippen LogP contribution in [0.3, 0.4) is 0 Å². The molecular weight excluding hydrogens is 210 g/mol. The molecule has 0 N–H and O–H groups in total. The molecule has 1 nitrogen and oxygen atoms in total. The minimum atomic E-state index is -0.258. The molecule has 1 unspecified atom stereocenters. The molecule has 0 heterocycles. The zero-order valence-corrected chi connectivity index (χ0v) is 10.4. The molecule has 0 amide bonds. The maximum atomic E-state index is 13.1. The maximum Gasteiger partial charge on any atom is 0.165 e. The zero-order valence-electron chi connectivity index (χ0n) is 9.29. The van der Waals surface area contributed by atoms with Crippen molar-refractivity contribution in [1.29, 1.82) is 0 Å². The van der Waals surface area contributed by atoms with Crippen LogP contribution in [0.5, 0.6) is 5.75 Å². The Morgan fingerprint density at radius 2 is 2.07 bits per heavy atom.